The summed E-state index contributed by atoms with van der Waals surface area (Å²) in [4.78, 5) is 12.9. The Morgan fingerprint density at radius 3 is 2.42 bits per heavy atom. The number of hydrogen-bond acceptors (Lipinski definition) is 4. The first-order valence-electron chi connectivity index (χ1n) is 9.54. The van der Waals surface area contributed by atoms with Crippen molar-refractivity contribution in [2.75, 3.05) is 19.0 Å². The Morgan fingerprint density at radius 2 is 1.74 bits per heavy atom. The largest absolute Gasteiger partial charge is 0.495 e. The number of anilines is 1. The Bertz CT molecular complexity index is 1160. The predicted octanol–water partition coefficient (Wildman–Crippen LogP) is 4.49. The maximum absolute atomic E-state index is 13.3. The third-order valence-corrected chi connectivity index (χ3v) is 6.65. The first-order valence-corrected chi connectivity index (χ1v) is 11.4. The van der Waals surface area contributed by atoms with Crippen molar-refractivity contribution in [1.29, 1.82) is 0 Å². The van der Waals surface area contributed by atoms with Gasteiger partial charge >= 0.3 is 0 Å². The smallest absolute Gasteiger partial charge is 0.243 e. The Balaban J connectivity index is 1.89. The van der Waals surface area contributed by atoms with Gasteiger partial charge in [0, 0.05) is 11.6 Å². The monoisotopic (exact) mass is 458 g/mol. The number of sulfonamides is 1. The number of ether oxygens (including phenoxy) is 1. The molecule has 3 rings (SSSR count). The fourth-order valence-electron chi connectivity index (χ4n) is 3.09. The molecule has 0 aliphatic carbocycles. The number of carbonyl (C=O) groups excluding carboxylic acids is 1. The second kappa shape index (κ2) is 9.96. The number of nitrogens with zero attached hydrogens (tertiary/aromatic N) is 1. The molecule has 0 radical (unpaired) electrons. The molecule has 0 aliphatic heterocycles. The van der Waals surface area contributed by atoms with E-state index in [9.17, 15) is 13.2 Å². The molecule has 3 aromatic carbocycles. The van der Waals surface area contributed by atoms with Crippen molar-refractivity contribution in [3.63, 3.8) is 0 Å². The van der Waals surface area contributed by atoms with Gasteiger partial charge in [-0.1, -0.05) is 53.6 Å². The summed E-state index contributed by atoms with van der Waals surface area (Å²) in [7, 11) is -2.45. The molecule has 0 fully saturated rings. The van der Waals surface area contributed by atoms with E-state index in [1.807, 2.05) is 31.2 Å². The number of halogens is 1. The van der Waals surface area contributed by atoms with Crippen LogP contribution in [-0.4, -0.2) is 32.3 Å². The maximum atomic E-state index is 13.3. The lowest BCUT2D eigenvalue weighted by Gasteiger charge is -2.22. The van der Waals surface area contributed by atoms with Gasteiger partial charge in [-0.2, -0.15) is 4.31 Å². The molecule has 0 saturated carbocycles. The van der Waals surface area contributed by atoms with Crippen LogP contribution < -0.4 is 10.1 Å². The molecule has 0 unspecified atom stereocenters. The molecule has 0 atom stereocenters. The van der Waals surface area contributed by atoms with E-state index in [-0.39, 0.29) is 18.0 Å². The highest BCUT2D eigenvalue weighted by Crippen LogP contribution is 2.24. The zero-order valence-corrected chi connectivity index (χ0v) is 18.8. The van der Waals surface area contributed by atoms with E-state index in [1.54, 1.807) is 24.3 Å². The fraction of sp³-hybridized carbons (Fsp3) is 0.174. The number of aryl methyl sites for hydroxylation is 1. The van der Waals surface area contributed by atoms with Gasteiger partial charge in [0.25, 0.3) is 0 Å². The first-order chi connectivity index (χ1) is 14.8. The van der Waals surface area contributed by atoms with Crippen LogP contribution in [0.15, 0.2) is 77.7 Å². The molecule has 1 amide bonds. The molecule has 0 saturated heterocycles. The number of rotatable bonds is 8. The minimum Gasteiger partial charge on any atom is -0.495 e. The highest BCUT2D eigenvalue weighted by atomic mass is 35.5. The van der Waals surface area contributed by atoms with E-state index in [4.69, 9.17) is 16.3 Å². The van der Waals surface area contributed by atoms with Crippen molar-refractivity contribution in [1.82, 2.24) is 4.31 Å². The highest BCUT2D eigenvalue weighted by Gasteiger charge is 2.27. The zero-order valence-electron chi connectivity index (χ0n) is 17.2. The highest BCUT2D eigenvalue weighted by molar-refractivity contribution is 7.89. The first kappa shape index (κ1) is 22.8. The van der Waals surface area contributed by atoms with Gasteiger partial charge in [-0.15, -0.1) is 0 Å². The van der Waals surface area contributed by atoms with Crippen molar-refractivity contribution in [3.05, 3.63) is 88.9 Å². The van der Waals surface area contributed by atoms with Crippen molar-refractivity contribution >= 4 is 33.2 Å². The fourth-order valence-corrected chi connectivity index (χ4v) is 4.60. The lowest BCUT2D eigenvalue weighted by atomic mass is 10.1. The molecule has 0 bridgehead atoms. The van der Waals surface area contributed by atoms with Crippen LogP contribution in [-0.2, 0) is 21.4 Å². The van der Waals surface area contributed by atoms with Gasteiger partial charge in [0.15, 0.2) is 0 Å². The van der Waals surface area contributed by atoms with Crippen LogP contribution >= 0.6 is 11.6 Å². The number of carbonyl (C=O) groups is 1. The second-order valence-electron chi connectivity index (χ2n) is 6.96. The van der Waals surface area contributed by atoms with E-state index in [2.05, 4.69) is 5.32 Å². The van der Waals surface area contributed by atoms with Crippen LogP contribution in [0.2, 0.25) is 5.02 Å². The molecule has 0 aliphatic rings. The van der Waals surface area contributed by atoms with Crippen molar-refractivity contribution in [3.8, 4) is 5.75 Å². The van der Waals surface area contributed by atoms with E-state index in [1.165, 1.54) is 31.4 Å². The average molecular weight is 459 g/mol. The molecule has 8 heteroatoms. The number of hydrogen-bond donors (Lipinski definition) is 1. The molecular formula is C23H23ClN2O4S. The molecule has 6 nitrogen and oxygen atoms in total. The van der Waals surface area contributed by atoms with E-state index in [0.717, 1.165) is 15.4 Å². The van der Waals surface area contributed by atoms with Crippen molar-refractivity contribution < 1.29 is 17.9 Å². The molecule has 3 aromatic rings. The molecular weight excluding hydrogens is 436 g/mol. The van der Waals surface area contributed by atoms with Gasteiger partial charge in [0.05, 0.1) is 24.2 Å². The topological polar surface area (TPSA) is 75.7 Å². The lowest BCUT2D eigenvalue weighted by molar-refractivity contribution is -0.116. The summed E-state index contributed by atoms with van der Waals surface area (Å²) in [5.74, 6) is 0.0105. The van der Waals surface area contributed by atoms with Crippen LogP contribution in [0.5, 0.6) is 5.75 Å². The van der Waals surface area contributed by atoms with Crippen LogP contribution in [0.25, 0.3) is 0 Å². The quantitative estimate of drug-likeness (QED) is 0.539. The number of amides is 1. The molecule has 0 heterocycles. The van der Waals surface area contributed by atoms with Gasteiger partial charge < -0.3 is 10.1 Å². The number of methoxy groups -OCH3 is 1. The van der Waals surface area contributed by atoms with E-state index < -0.39 is 15.9 Å². The van der Waals surface area contributed by atoms with Gasteiger partial charge in [-0.3, -0.25) is 4.79 Å². The number of para-hydroxylation sites is 2. The summed E-state index contributed by atoms with van der Waals surface area (Å²) < 4.78 is 33.0. The van der Waals surface area contributed by atoms with Crippen LogP contribution in [0, 0.1) is 6.92 Å². The third-order valence-electron chi connectivity index (χ3n) is 4.59. The number of nitrogens with one attached hydrogen (secondary N) is 1. The minimum absolute atomic E-state index is 0.0476. The number of benzene rings is 3. The van der Waals surface area contributed by atoms with Crippen LogP contribution in [0.4, 0.5) is 5.69 Å². The Morgan fingerprint density at radius 1 is 1.03 bits per heavy atom. The van der Waals surface area contributed by atoms with Crippen LogP contribution in [0.1, 0.15) is 11.1 Å². The maximum Gasteiger partial charge on any atom is 0.243 e. The summed E-state index contributed by atoms with van der Waals surface area (Å²) >= 11 is 5.91. The molecule has 0 spiro atoms. The summed E-state index contributed by atoms with van der Waals surface area (Å²) in [6, 6.07) is 20.3. The lowest BCUT2D eigenvalue weighted by Crippen LogP contribution is -2.37. The Kier molecular flexibility index (Phi) is 7.33. The van der Waals surface area contributed by atoms with Crippen molar-refractivity contribution in [2.45, 2.75) is 18.4 Å². The van der Waals surface area contributed by atoms with Gasteiger partial charge in [-0.25, -0.2) is 8.42 Å². The second-order valence-corrected chi connectivity index (χ2v) is 9.34. The summed E-state index contributed by atoms with van der Waals surface area (Å²) in [5.41, 5.74) is 2.25. The van der Waals surface area contributed by atoms with E-state index >= 15 is 0 Å². The van der Waals surface area contributed by atoms with Gasteiger partial charge in [-0.05, 0) is 48.9 Å². The third kappa shape index (κ3) is 5.85. The van der Waals surface area contributed by atoms with Crippen molar-refractivity contribution in [2.24, 2.45) is 0 Å². The van der Waals surface area contributed by atoms with Gasteiger partial charge in [0.2, 0.25) is 15.9 Å². The molecule has 31 heavy (non-hydrogen) atoms. The summed E-state index contributed by atoms with van der Waals surface area (Å²) in [6.45, 7) is 1.61. The predicted molar refractivity (Wildman–Crippen MR) is 122 cm³/mol. The summed E-state index contributed by atoms with van der Waals surface area (Å²) in [6.07, 6.45) is 0. The molecule has 162 valence electrons. The Hall–Kier alpha value is -2.87. The van der Waals surface area contributed by atoms with Gasteiger partial charge in [0.1, 0.15) is 5.75 Å². The average Bonchev–Trinajstić information content (AvgIpc) is 2.74. The molecule has 0 aromatic heterocycles. The summed E-state index contributed by atoms with van der Waals surface area (Å²) in [5, 5.41) is 3.16. The SMILES string of the molecule is COc1ccccc1NC(=O)CN(Cc1cccc(C)c1)S(=O)(=O)c1ccc(Cl)cc1. The Labute approximate surface area is 187 Å². The molecule has 1 N–H and O–H groups in total. The minimum atomic E-state index is -3.95. The standard InChI is InChI=1S/C23H23ClN2O4S/c1-17-6-5-7-18(14-17)15-26(31(28,29)20-12-10-19(24)11-13-20)16-23(27)25-21-8-3-4-9-22(21)30-2/h3-14H,15-16H2,1-2H3,(H,25,27). The zero-order chi connectivity index (χ0) is 22.4. The van der Waals surface area contributed by atoms with E-state index in [0.29, 0.717) is 16.5 Å². The normalized spacial score (nSPS) is 11.4. The van der Waals surface area contributed by atoms with Crippen LogP contribution in [0.3, 0.4) is 0 Å².